The molecule has 1 fully saturated rings. The maximum atomic E-state index is 11.6. The second-order valence-electron chi connectivity index (χ2n) is 3.70. The van der Waals surface area contributed by atoms with Gasteiger partial charge in [-0.1, -0.05) is 23.7 Å². The van der Waals surface area contributed by atoms with E-state index in [9.17, 15) is 8.42 Å². The molecule has 1 aliphatic rings. The zero-order valence-electron chi connectivity index (χ0n) is 8.27. The Morgan fingerprint density at radius 3 is 2.40 bits per heavy atom. The van der Waals surface area contributed by atoms with E-state index in [2.05, 4.69) is 5.32 Å². The number of hydrogen-bond donors (Lipinski definition) is 1. The van der Waals surface area contributed by atoms with E-state index in [1.165, 1.54) is 0 Å². The van der Waals surface area contributed by atoms with Gasteiger partial charge in [0.1, 0.15) is 5.25 Å². The average molecular weight is 246 g/mol. The van der Waals surface area contributed by atoms with Gasteiger partial charge in [-0.25, -0.2) is 8.42 Å². The molecule has 0 saturated carbocycles. The minimum absolute atomic E-state index is 0.0242. The SMILES string of the molecule is CNC1CS(=O)(=O)C1c1ccc(Cl)cc1. The first-order valence-corrected chi connectivity index (χ1v) is 6.78. The second kappa shape index (κ2) is 3.77. The molecule has 2 unspecified atom stereocenters. The highest BCUT2D eigenvalue weighted by atomic mass is 35.5. The Balaban J connectivity index is 2.33. The fourth-order valence-electron chi connectivity index (χ4n) is 1.90. The van der Waals surface area contributed by atoms with Crippen LogP contribution in [0.25, 0.3) is 0 Å². The Morgan fingerprint density at radius 1 is 1.33 bits per heavy atom. The van der Waals surface area contributed by atoms with Gasteiger partial charge in [0.25, 0.3) is 0 Å². The highest BCUT2D eigenvalue weighted by Gasteiger charge is 2.45. The summed E-state index contributed by atoms with van der Waals surface area (Å²) in [4.78, 5) is 0. The summed E-state index contributed by atoms with van der Waals surface area (Å²) in [5.41, 5.74) is 0.810. The van der Waals surface area contributed by atoms with Crippen LogP contribution in [0.3, 0.4) is 0 Å². The number of nitrogens with one attached hydrogen (secondary N) is 1. The fraction of sp³-hybridized carbons (Fsp3) is 0.400. The summed E-state index contributed by atoms with van der Waals surface area (Å²) in [6, 6.07) is 7.01. The molecule has 1 heterocycles. The van der Waals surface area contributed by atoms with Crippen LogP contribution in [-0.4, -0.2) is 27.3 Å². The molecule has 0 radical (unpaired) electrons. The molecule has 0 spiro atoms. The van der Waals surface area contributed by atoms with Crippen molar-refractivity contribution in [2.45, 2.75) is 11.3 Å². The Bertz CT molecular complexity index is 455. The van der Waals surface area contributed by atoms with E-state index in [4.69, 9.17) is 11.6 Å². The van der Waals surface area contributed by atoms with Gasteiger partial charge in [-0.2, -0.15) is 0 Å². The summed E-state index contributed by atoms with van der Waals surface area (Å²) >= 11 is 5.75. The first-order valence-electron chi connectivity index (χ1n) is 4.69. The Morgan fingerprint density at radius 2 is 1.93 bits per heavy atom. The van der Waals surface area contributed by atoms with Crippen molar-refractivity contribution in [3.05, 3.63) is 34.9 Å². The van der Waals surface area contributed by atoms with Crippen molar-refractivity contribution >= 4 is 21.4 Å². The van der Waals surface area contributed by atoms with Gasteiger partial charge in [-0.05, 0) is 24.7 Å². The van der Waals surface area contributed by atoms with Crippen LogP contribution in [0.15, 0.2) is 24.3 Å². The molecular formula is C10H12ClNO2S. The van der Waals surface area contributed by atoms with Gasteiger partial charge in [-0.3, -0.25) is 0 Å². The van der Waals surface area contributed by atoms with Crippen molar-refractivity contribution in [2.24, 2.45) is 0 Å². The molecule has 2 atom stereocenters. The lowest BCUT2D eigenvalue weighted by atomic mass is 10.1. The van der Waals surface area contributed by atoms with Gasteiger partial charge in [0.05, 0.1) is 5.75 Å². The molecule has 0 aliphatic carbocycles. The second-order valence-corrected chi connectivity index (χ2v) is 6.30. The molecule has 1 aliphatic heterocycles. The molecule has 1 saturated heterocycles. The molecule has 0 aromatic heterocycles. The molecule has 2 rings (SSSR count). The summed E-state index contributed by atoms with van der Waals surface area (Å²) in [5.74, 6) is 0.219. The van der Waals surface area contributed by atoms with Crippen molar-refractivity contribution in [1.82, 2.24) is 5.32 Å². The minimum atomic E-state index is -2.96. The highest BCUT2D eigenvalue weighted by molar-refractivity contribution is 7.93. The molecule has 3 nitrogen and oxygen atoms in total. The van der Waals surface area contributed by atoms with Crippen LogP contribution in [-0.2, 0) is 9.84 Å². The van der Waals surface area contributed by atoms with Gasteiger partial charge in [0.2, 0.25) is 0 Å². The van der Waals surface area contributed by atoms with Crippen LogP contribution in [0.4, 0.5) is 0 Å². The monoisotopic (exact) mass is 245 g/mol. The standard InChI is InChI=1S/C10H12ClNO2S/c1-12-9-6-15(13,14)10(9)7-2-4-8(11)5-3-7/h2-5,9-10,12H,6H2,1H3. The molecule has 0 amide bonds. The molecule has 0 bridgehead atoms. The van der Waals surface area contributed by atoms with Crippen molar-refractivity contribution in [2.75, 3.05) is 12.8 Å². The smallest absolute Gasteiger partial charge is 0.160 e. The average Bonchev–Trinajstić information content (AvgIpc) is 2.18. The Kier molecular flexibility index (Phi) is 2.75. The quantitative estimate of drug-likeness (QED) is 0.857. The summed E-state index contributed by atoms with van der Waals surface area (Å²) in [6.07, 6.45) is 0. The molecular weight excluding hydrogens is 234 g/mol. The van der Waals surface area contributed by atoms with Crippen molar-refractivity contribution < 1.29 is 8.42 Å². The van der Waals surface area contributed by atoms with Crippen LogP contribution in [0.5, 0.6) is 0 Å². The normalized spacial score (nSPS) is 28.4. The van der Waals surface area contributed by atoms with Crippen molar-refractivity contribution in [3.8, 4) is 0 Å². The lowest BCUT2D eigenvalue weighted by Crippen LogP contribution is -2.52. The number of sulfone groups is 1. The van der Waals surface area contributed by atoms with Crippen molar-refractivity contribution in [3.63, 3.8) is 0 Å². The fourth-order valence-corrected chi connectivity index (χ4v) is 4.04. The van der Waals surface area contributed by atoms with E-state index in [0.29, 0.717) is 5.02 Å². The summed E-state index contributed by atoms with van der Waals surface area (Å²) in [5, 5.41) is 3.21. The zero-order valence-corrected chi connectivity index (χ0v) is 9.85. The van der Waals surface area contributed by atoms with Gasteiger partial charge < -0.3 is 5.32 Å². The molecule has 1 N–H and O–H groups in total. The van der Waals surface area contributed by atoms with Crippen LogP contribution >= 0.6 is 11.6 Å². The molecule has 1 aromatic carbocycles. The third-order valence-electron chi connectivity index (χ3n) is 2.73. The number of likely N-dealkylation sites (N-methyl/N-ethyl adjacent to an activating group) is 1. The summed E-state index contributed by atoms with van der Waals surface area (Å²) < 4.78 is 23.2. The lowest BCUT2D eigenvalue weighted by molar-refractivity contribution is 0.482. The first-order chi connectivity index (χ1) is 7.04. The predicted octanol–water partition coefficient (Wildman–Crippen LogP) is 1.40. The predicted molar refractivity (Wildman–Crippen MR) is 60.8 cm³/mol. The minimum Gasteiger partial charge on any atom is -0.314 e. The molecule has 15 heavy (non-hydrogen) atoms. The van der Waals surface area contributed by atoms with Crippen LogP contribution < -0.4 is 5.32 Å². The molecule has 82 valence electrons. The molecule has 5 heteroatoms. The van der Waals surface area contributed by atoms with Crippen LogP contribution in [0.1, 0.15) is 10.8 Å². The number of hydrogen-bond acceptors (Lipinski definition) is 3. The maximum Gasteiger partial charge on any atom is 0.160 e. The summed E-state index contributed by atoms with van der Waals surface area (Å²) in [7, 11) is -1.18. The topological polar surface area (TPSA) is 46.2 Å². The molecule has 1 aromatic rings. The van der Waals surface area contributed by atoms with Gasteiger partial charge >= 0.3 is 0 Å². The highest BCUT2D eigenvalue weighted by Crippen LogP contribution is 2.36. The van der Waals surface area contributed by atoms with Gasteiger partial charge in [-0.15, -0.1) is 0 Å². The third kappa shape index (κ3) is 1.89. The third-order valence-corrected chi connectivity index (χ3v) is 5.18. The van der Waals surface area contributed by atoms with Crippen LogP contribution in [0.2, 0.25) is 5.02 Å². The van der Waals surface area contributed by atoms with Gasteiger partial charge in [0.15, 0.2) is 9.84 Å². The van der Waals surface area contributed by atoms with E-state index in [1.807, 2.05) is 0 Å². The van der Waals surface area contributed by atoms with Crippen molar-refractivity contribution in [1.29, 1.82) is 0 Å². The van der Waals surface area contributed by atoms with Gasteiger partial charge in [0, 0.05) is 11.1 Å². The number of benzene rings is 1. The first kappa shape index (κ1) is 10.9. The Labute approximate surface area is 94.4 Å². The number of halogens is 1. The van der Waals surface area contributed by atoms with E-state index < -0.39 is 15.1 Å². The zero-order chi connectivity index (χ0) is 11.1. The summed E-state index contributed by atoms with van der Waals surface area (Å²) in [6.45, 7) is 0. The lowest BCUT2D eigenvalue weighted by Gasteiger charge is -2.36. The van der Waals surface area contributed by atoms with Crippen LogP contribution in [0, 0.1) is 0 Å². The Hall–Kier alpha value is -0.580. The van der Waals surface area contributed by atoms with E-state index in [0.717, 1.165) is 5.56 Å². The van der Waals surface area contributed by atoms with E-state index >= 15 is 0 Å². The number of rotatable bonds is 2. The largest absolute Gasteiger partial charge is 0.314 e. The van der Waals surface area contributed by atoms with E-state index in [1.54, 1.807) is 31.3 Å². The maximum absolute atomic E-state index is 11.6. The van der Waals surface area contributed by atoms with E-state index in [-0.39, 0.29) is 11.8 Å².